The third kappa shape index (κ3) is 6.03. The van der Waals surface area contributed by atoms with Crippen LogP contribution in [0.3, 0.4) is 0 Å². The van der Waals surface area contributed by atoms with Crippen molar-refractivity contribution in [2.75, 3.05) is 6.61 Å². The molecule has 26 heavy (non-hydrogen) atoms. The van der Waals surface area contributed by atoms with E-state index < -0.39 is 11.9 Å². The van der Waals surface area contributed by atoms with Gasteiger partial charge in [-0.1, -0.05) is 56.9 Å². The maximum absolute atomic E-state index is 12.5. The second-order valence-corrected chi connectivity index (χ2v) is 6.30. The average Bonchev–Trinajstić information content (AvgIpc) is 2.64. The summed E-state index contributed by atoms with van der Waals surface area (Å²) in [5.74, 6) is -0.600. The summed E-state index contributed by atoms with van der Waals surface area (Å²) in [6.07, 6.45) is 5.39. The number of unbranched alkanes of at least 4 members (excludes halogenated alkanes) is 4. The quantitative estimate of drug-likeness (QED) is 0.346. The molecule has 0 fully saturated rings. The molecule has 0 amide bonds. The minimum Gasteiger partial charge on any atom is -0.462 e. The Morgan fingerprint density at radius 3 is 2.23 bits per heavy atom. The molecule has 0 unspecified atom stereocenters. The third-order valence-electron chi connectivity index (χ3n) is 4.05. The number of hydrogen-bond donors (Lipinski definition) is 0. The first-order valence-electron chi connectivity index (χ1n) is 9.17. The van der Waals surface area contributed by atoms with Gasteiger partial charge in [-0.25, -0.2) is 9.59 Å². The van der Waals surface area contributed by atoms with E-state index in [1.54, 1.807) is 36.4 Å². The van der Waals surface area contributed by atoms with Crippen molar-refractivity contribution >= 4 is 11.9 Å². The van der Waals surface area contributed by atoms with E-state index in [1.807, 2.05) is 19.1 Å². The van der Waals surface area contributed by atoms with Gasteiger partial charge < -0.3 is 9.47 Å². The van der Waals surface area contributed by atoms with E-state index in [4.69, 9.17) is 9.47 Å². The van der Waals surface area contributed by atoms with Crippen LogP contribution < -0.4 is 4.74 Å². The zero-order valence-electron chi connectivity index (χ0n) is 15.5. The highest BCUT2D eigenvalue weighted by Crippen LogP contribution is 2.17. The normalized spacial score (nSPS) is 10.4. The van der Waals surface area contributed by atoms with Crippen molar-refractivity contribution < 1.29 is 19.1 Å². The Hall–Kier alpha value is -2.62. The first kappa shape index (κ1) is 19.7. The molecule has 2 aromatic carbocycles. The second-order valence-electron chi connectivity index (χ2n) is 6.30. The molecule has 0 aliphatic carbocycles. The predicted octanol–water partition coefficient (Wildman–Crippen LogP) is 5.34. The molecular formula is C22H26O4. The van der Waals surface area contributed by atoms with Gasteiger partial charge >= 0.3 is 11.9 Å². The van der Waals surface area contributed by atoms with Gasteiger partial charge in [-0.2, -0.15) is 0 Å². The van der Waals surface area contributed by atoms with E-state index in [1.165, 1.54) is 12.8 Å². The lowest BCUT2D eigenvalue weighted by atomic mass is 10.1. The molecular weight excluding hydrogens is 328 g/mol. The van der Waals surface area contributed by atoms with Gasteiger partial charge in [0.2, 0.25) is 0 Å². The highest BCUT2D eigenvalue weighted by Gasteiger charge is 2.19. The topological polar surface area (TPSA) is 52.6 Å². The Morgan fingerprint density at radius 1 is 0.846 bits per heavy atom. The molecule has 2 rings (SSSR count). The zero-order chi connectivity index (χ0) is 18.8. The van der Waals surface area contributed by atoms with Crippen LogP contribution in [0.4, 0.5) is 0 Å². The summed E-state index contributed by atoms with van der Waals surface area (Å²) in [6.45, 7) is 4.44. The molecule has 0 saturated carbocycles. The third-order valence-corrected chi connectivity index (χ3v) is 4.05. The zero-order valence-corrected chi connectivity index (χ0v) is 15.5. The van der Waals surface area contributed by atoms with Crippen molar-refractivity contribution in [3.63, 3.8) is 0 Å². The standard InChI is InChI=1S/C22H26O4/c1-3-4-5-6-9-15-25-21(23)19-13-7-8-14-20(19)22(24)26-18-12-10-11-17(2)16-18/h7-8,10-14,16H,3-6,9,15H2,1-2H3. The lowest BCUT2D eigenvalue weighted by Gasteiger charge is -2.10. The van der Waals surface area contributed by atoms with Gasteiger partial charge in [-0.15, -0.1) is 0 Å². The molecule has 0 N–H and O–H groups in total. The van der Waals surface area contributed by atoms with Crippen molar-refractivity contribution in [2.24, 2.45) is 0 Å². The number of carbonyl (C=O) groups excluding carboxylic acids is 2. The molecule has 0 heterocycles. The first-order chi connectivity index (χ1) is 12.6. The number of aryl methyl sites for hydroxylation is 1. The highest BCUT2D eigenvalue weighted by molar-refractivity contribution is 6.03. The van der Waals surface area contributed by atoms with Crippen LogP contribution in [0.5, 0.6) is 5.75 Å². The van der Waals surface area contributed by atoms with Crippen molar-refractivity contribution in [1.82, 2.24) is 0 Å². The first-order valence-corrected chi connectivity index (χ1v) is 9.17. The van der Waals surface area contributed by atoms with E-state index in [-0.39, 0.29) is 11.1 Å². The number of rotatable bonds is 9. The van der Waals surface area contributed by atoms with Crippen LogP contribution in [-0.2, 0) is 4.74 Å². The number of ether oxygens (including phenoxy) is 2. The Bertz CT molecular complexity index is 736. The lowest BCUT2D eigenvalue weighted by molar-refractivity contribution is 0.0489. The van der Waals surface area contributed by atoms with Gasteiger partial charge in [-0.3, -0.25) is 0 Å². The minimum absolute atomic E-state index is 0.213. The van der Waals surface area contributed by atoms with Gasteiger partial charge in [0.15, 0.2) is 0 Å². The molecule has 0 atom stereocenters. The monoisotopic (exact) mass is 354 g/mol. The summed E-state index contributed by atoms with van der Waals surface area (Å²) >= 11 is 0. The molecule has 0 aliphatic heterocycles. The van der Waals surface area contributed by atoms with Crippen LogP contribution in [0.2, 0.25) is 0 Å². The maximum atomic E-state index is 12.5. The van der Waals surface area contributed by atoms with Gasteiger partial charge in [0, 0.05) is 0 Å². The second kappa shape index (κ2) is 10.4. The van der Waals surface area contributed by atoms with Crippen LogP contribution in [0.15, 0.2) is 48.5 Å². The molecule has 4 heteroatoms. The van der Waals surface area contributed by atoms with Crippen molar-refractivity contribution in [3.05, 3.63) is 65.2 Å². The Morgan fingerprint density at radius 2 is 1.54 bits per heavy atom. The Kier molecular flexibility index (Phi) is 7.87. The van der Waals surface area contributed by atoms with Crippen molar-refractivity contribution in [2.45, 2.75) is 46.0 Å². The molecule has 0 aromatic heterocycles. The summed E-state index contributed by atoms with van der Waals surface area (Å²) in [6, 6.07) is 13.8. The van der Waals surface area contributed by atoms with E-state index in [0.717, 1.165) is 24.8 Å². The summed E-state index contributed by atoms with van der Waals surface area (Å²) in [5.41, 5.74) is 1.44. The van der Waals surface area contributed by atoms with Crippen LogP contribution in [-0.4, -0.2) is 18.5 Å². The molecule has 0 saturated heterocycles. The number of hydrogen-bond acceptors (Lipinski definition) is 4. The summed E-state index contributed by atoms with van der Waals surface area (Å²) in [4.78, 5) is 24.8. The fourth-order valence-corrected chi connectivity index (χ4v) is 2.63. The van der Waals surface area contributed by atoms with E-state index >= 15 is 0 Å². The Balaban J connectivity index is 1.97. The van der Waals surface area contributed by atoms with E-state index in [9.17, 15) is 9.59 Å². The molecule has 2 aromatic rings. The van der Waals surface area contributed by atoms with Gasteiger partial charge in [0.25, 0.3) is 0 Å². The van der Waals surface area contributed by atoms with E-state index in [0.29, 0.717) is 12.4 Å². The van der Waals surface area contributed by atoms with Gasteiger partial charge in [-0.05, 0) is 43.2 Å². The number of esters is 2. The molecule has 0 spiro atoms. The number of carbonyl (C=O) groups is 2. The summed E-state index contributed by atoms with van der Waals surface area (Å²) < 4.78 is 10.7. The highest BCUT2D eigenvalue weighted by atomic mass is 16.5. The Labute approximate surface area is 155 Å². The molecule has 138 valence electrons. The SMILES string of the molecule is CCCCCCCOC(=O)c1ccccc1C(=O)Oc1cccc(C)c1. The molecule has 0 radical (unpaired) electrons. The van der Waals surface area contributed by atoms with Crippen LogP contribution in [0, 0.1) is 6.92 Å². The lowest BCUT2D eigenvalue weighted by Crippen LogP contribution is -2.16. The molecule has 0 aliphatic rings. The molecule has 0 bridgehead atoms. The summed E-state index contributed by atoms with van der Waals surface area (Å²) in [5, 5.41) is 0. The van der Waals surface area contributed by atoms with Crippen molar-refractivity contribution in [1.29, 1.82) is 0 Å². The molecule has 4 nitrogen and oxygen atoms in total. The maximum Gasteiger partial charge on any atom is 0.344 e. The average molecular weight is 354 g/mol. The van der Waals surface area contributed by atoms with Crippen LogP contribution >= 0.6 is 0 Å². The fraction of sp³-hybridized carbons (Fsp3) is 0.364. The number of benzene rings is 2. The summed E-state index contributed by atoms with van der Waals surface area (Å²) in [7, 11) is 0. The van der Waals surface area contributed by atoms with Gasteiger partial charge in [0.05, 0.1) is 17.7 Å². The minimum atomic E-state index is -0.564. The van der Waals surface area contributed by atoms with E-state index in [2.05, 4.69) is 6.92 Å². The van der Waals surface area contributed by atoms with Crippen LogP contribution in [0.1, 0.15) is 65.3 Å². The predicted molar refractivity (Wildman–Crippen MR) is 102 cm³/mol. The fourth-order valence-electron chi connectivity index (χ4n) is 2.63. The van der Waals surface area contributed by atoms with Crippen molar-refractivity contribution in [3.8, 4) is 5.75 Å². The largest absolute Gasteiger partial charge is 0.462 e. The van der Waals surface area contributed by atoms with Crippen LogP contribution in [0.25, 0.3) is 0 Å². The smallest absolute Gasteiger partial charge is 0.344 e. The van der Waals surface area contributed by atoms with Gasteiger partial charge in [0.1, 0.15) is 5.75 Å².